The Bertz CT molecular complexity index is 688. The van der Waals surface area contributed by atoms with Gasteiger partial charge in [0.05, 0.1) is 10.5 Å². The molecule has 108 valence electrons. The maximum atomic E-state index is 11.2. The minimum atomic E-state index is -1.11. The largest absolute Gasteiger partial charge is 0.478 e. The monoisotopic (exact) mass is 323 g/mol. The molecule has 0 spiro atoms. The number of non-ortho nitro benzene ring substituents is 1. The molecule has 0 heterocycles. The number of nitro benzene ring substituents is 1. The highest BCUT2D eigenvalue weighted by Crippen LogP contribution is 2.30. The molecule has 0 atom stereocenters. The van der Waals surface area contributed by atoms with Crippen molar-refractivity contribution >= 4 is 35.0 Å². The van der Waals surface area contributed by atoms with E-state index in [4.69, 9.17) is 16.7 Å². The minimum absolute atomic E-state index is 0.0552. The van der Waals surface area contributed by atoms with Crippen LogP contribution < -0.4 is 0 Å². The number of thioether (sulfide) groups is 1. The summed E-state index contributed by atoms with van der Waals surface area (Å²) in [7, 11) is 0. The molecular weight excluding hydrogens is 314 g/mol. The van der Waals surface area contributed by atoms with Crippen LogP contribution in [0.4, 0.5) is 5.69 Å². The van der Waals surface area contributed by atoms with Gasteiger partial charge in [0.1, 0.15) is 0 Å². The van der Waals surface area contributed by atoms with Gasteiger partial charge in [-0.05, 0) is 23.8 Å². The summed E-state index contributed by atoms with van der Waals surface area (Å²) in [6, 6.07) is 10.9. The smallest absolute Gasteiger partial charge is 0.336 e. The van der Waals surface area contributed by atoms with E-state index in [-0.39, 0.29) is 11.3 Å². The lowest BCUT2D eigenvalue weighted by molar-refractivity contribution is -0.385. The molecule has 2 aromatic rings. The van der Waals surface area contributed by atoms with Crippen molar-refractivity contribution in [2.75, 3.05) is 0 Å². The third kappa shape index (κ3) is 3.96. The van der Waals surface area contributed by atoms with Crippen LogP contribution in [0.25, 0.3) is 0 Å². The lowest BCUT2D eigenvalue weighted by Gasteiger charge is -2.06. The molecule has 5 nitrogen and oxygen atoms in total. The molecule has 7 heteroatoms. The minimum Gasteiger partial charge on any atom is -0.478 e. The molecule has 2 aromatic carbocycles. The van der Waals surface area contributed by atoms with Crippen molar-refractivity contribution in [3.63, 3.8) is 0 Å². The molecule has 2 rings (SSSR count). The molecule has 0 fully saturated rings. The highest BCUT2D eigenvalue weighted by molar-refractivity contribution is 7.98. The summed E-state index contributed by atoms with van der Waals surface area (Å²) in [6.45, 7) is 0. The first-order valence-corrected chi connectivity index (χ1v) is 7.22. The Morgan fingerprint density at radius 1 is 1.24 bits per heavy atom. The van der Waals surface area contributed by atoms with Crippen molar-refractivity contribution in [1.29, 1.82) is 0 Å². The zero-order valence-electron chi connectivity index (χ0n) is 10.7. The van der Waals surface area contributed by atoms with Crippen LogP contribution in [0.15, 0.2) is 47.4 Å². The lowest BCUT2D eigenvalue weighted by Crippen LogP contribution is -2.00. The predicted molar refractivity (Wildman–Crippen MR) is 81.1 cm³/mol. The fraction of sp³-hybridized carbons (Fsp3) is 0.0714. The van der Waals surface area contributed by atoms with Gasteiger partial charge in [-0.15, -0.1) is 11.8 Å². The van der Waals surface area contributed by atoms with Gasteiger partial charge in [0, 0.05) is 27.8 Å². The fourth-order valence-electron chi connectivity index (χ4n) is 1.66. The quantitative estimate of drug-likeness (QED) is 0.505. The lowest BCUT2D eigenvalue weighted by atomic mass is 10.2. The van der Waals surface area contributed by atoms with E-state index < -0.39 is 10.9 Å². The Morgan fingerprint density at radius 3 is 2.48 bits per heavy atom. The molecule has 0 aromatic heterocycles. The van der Waals surface area contributed by atoms with Crippen molar-refractivity contribution < 1.29 is 14.8 Å². The number of halogens is 1. The predicted octanol–water partition coefficient (Wildman–Crippen LogP) is 4.24. The van der Waals surface area contributed by atoms with Crippen molar-refractivity contribution in [2.24, 2.45) is 0 Å². The van der Waals surface area contributed by atoms with Crippen LogP contribution in [0, 0.1) is 10.1 Å². The summed E-state index contributed by atoms with van der Waals surface area (Å²) in [5, 5.41) is 20.5. The molecule has 21 heavy (non-hydrogen) atoms. The number of benzene rings is 2. The van der Waals surface area contributed by atoms with Crippen molar-refractivity contribution in [3.05, 3.63) is 68.7 Å². The standard InChI is InChI=1S/C14H10ClNO4S/c15-10-3-1-9(2-4-10)8-21-13-7-11(16(19)20)5-6-12(13)14(17)18/h1-7H,8H2,(H,17,18). The first kappa shape index (κ1) is 15.3. The van der Waals surface area contributed by atoms with E-state index in [1.807, 2.05) is 12.1 Å². The first-order chi connectivity index (χ1) is 9.97. The van der Waals surface area contributed by atoms with Gasteiger partial charge in [0.2, 0.25) is 0 Å². The van der Waals surface area contributed by atoms with Crippen LogP contribution >= 0.6 is 23.4 Å². The second-order valence-electron chi connectivity index (χ2n) is 4.16. The Labute approximate surface area is 129 Å². The van der Waals surface area contributed by atoms with Gasteiger partial charge in [0.15, 0.2) is 0 Å². The topological polar surface area (TPSA) is 80.4 Å². The van der Waals surface area contributed by atoms with Gasteiger partial charge < -0.3 is 5.11 Å². The number of carbonyl (C=O) groups is 1. The van der Waals surface area contributed by atoms with Gasteiger partial charge in [-0.2, -0.15) is 0 Å². The average molecular weight is 324 g/mol. The summed E-state index contributed by atoms with van der Waals surface area (Å²) >= 11 is 7.03. The van der Waals surface area contributed by atoms with Crippen LogP contribution in [0.1, 0.15) is 15.9 Å². The maximum Gasteiger partial charge on any atom is 0.336 e. The van der Waals surface area contributed by atoms with E-state index in [0.717, 1.165) is 5.56 Å². The summed E-state index contributed by atoms with van der Waals surface area (Å²) in [5.41, 5.74) is 0.880. The number of carboxylic acids is 1. The zero-order chi connectivity index (χ0) is 15.4. The zero-order valence-corrected chi connectivity index (χ0v) is 12.2. The van der Waals surface area contributed by atoms with Crippen molar-refractivity contribution in [1.82, 2.24) is 0 Å². The van der Waals surface area contributed by atoms with Crippen LogP contribution in [0.5, 0.6) is 0 Å². The van der Waals surface area contributed by atoms with Gasteiger partial charge in [-0.3, -0.25) is 10.1 Å². The van der Waals surface area contributed by atoms with Crippen LogP contribution in [-0.4, -0.2) is 16.0 Å². The number of hydrogen-bond donors (Lipinski definition) is 1. The average Bonchev–Trinajstić information content (AvgIpc) is 2.46. The molecule has 0 aliphatic heterocycles. The molecule has 0 bridgehead atoms. The van der Waals surface area contributed by atoms with Gasteiger partial charge in [0.25, 0.3) is 5.69 Å². The molecule has 0 saturated heterocycles. The molecular formula is C14H10ClNO4S. The summed E-state index contributed by atoms with van der Waals surface area (Å²) in [4.78, 5) is 21.8. The Balaban J connectivity index is 2.24. The normalized spacial score (nSPS) is 10.3. The third-order valence-corrected chi connectivity index (χ3v) is 4.09. The highest BCUT2D eigenvalue weighted by Gasteiger charge is 2.15. The Kier molecular flexibility index (Phi) is 4.82. The van der Waals surface area contributed by atoms with E-state index in [2.05, 4.69) is 0 Å². The maximum absolute atomic E-state index is 11.2. The van der Waals surface area contributed by atoms with Gasteiger partial charge in [-0.25, -0.2) is 4.79 Å². The van der Waals surface area contributed by atoms with E-state index >= 15 is 0 Å². The number of carboxylic acid groups (broad SMARTS) is 1. The molecule has 0 aliphatic carbocycles. The number of rotatable bonds is 5. The summed E-state index contributed by atoms with van der Waals surface area (Å²) in [5.74, 6) is -0.609. The molecule has 0 aliphatic rings. The van der Waals surface area contributed by atoms with Crippen molar-refractivity contribution in [2.45, 2.75) is 10.6 Å². The Hall–Kier alpha value is -2.05. The molecule has 0 unspecified atom stereocenters. The van der Waals surface area contributed by atoms with Crippen LogP contribution in [0.3, 0.4) is 0 Å². The third-order valence-electron chi connectivity index (χ3n) is 2.71. The van der Waals surface area contributed by atoms with E-state index in [1.165, 1.54) is 30.0 Å². The SMILES string of the molecule is O=C(O)c1ccc([N+](=O)[O-])cc1SCc1ccc(Cl)cc1. The van der Waals surface area contributed by atoms with Gasteiger partial charge in [-0.1, -0.05) is 23.7 Å². The van der Waals surface area contributed by atoms with Crippen LogP contribution in [0.2, 0.25) is 5.02 Å². The Morgan fingerprint density at radius 2 is 1.90 bits per heavy atom. The summed E-state index contributed by atoms with van der Waals surface area (Å²) in [6.07, 6.45) is 0. The van der Waals surface area contributed by atoms with E-state index in [1.54, 1.807) is 12.1 Å². The first-order valence-electron chi connectivity index (χ1n) is 5.86. The number of nitrogens with zero attached hydrogens (tertiary/aromatic N) is 1. The number of nitro groups is 1. The number of aromatic carboxylic acids is 1. The van der Waals surface area contributed by atoms with Gasteiger partial charge >= 0.3 is 5.97 Å². The summed E-state index contributed by atoms with van der Waals surface area (Å²) < 4.78 is 0. The van der Waals surface area contributed by atoms with Crippen LogP contribution in [-0.2, 0) is 5.75 Å². The van der Waals surface area contributed by atoms with Crippen molar-refractivity contribution in [3.8, 4) is 0 Å². The molecule has 0 radical (unpaired) electrons. The second-order valence-corrected chi connectivity index (χ2v) is 5.61. The highest BCUT2D eigenvalue weighted by atomic mass is 35.5. The second kappa shape index (κ2) is 6.60. The number of hydrogen-bond acceptors (Lipinski definition) is 4. The van der Waals surface area contributed by atoms with E-state index in [0.29, 0.717) is 15.7 Å². The molecule has 1 N–H and O–H groups in total. The fourth-order valence-corrected chi connectivity index (χ4v) is 2.82. The van der Waals surface area contributed by atoms with E-state index in [9.17, 15) is 14.9 Å². The molecule has 0 saturated carbocycles. The molecule has 0 amide bonds.